The van der Waals surface area contributed by atoms with E-state index in [0.29, 0.717) is 32.9 Å². The number of aromatic nitrogens is 2. The second-order valence-corrected chi connectivity index (χ2v) is 9.66. The van der Waals surface area contributed by atoms with E-state index in [1.54, 1.807) is 47.2 Å². The molecule has 166 valence electrons. The van der Waals surface area contributed by atoms with Gasteiger partial charge in [-0.1, -0.05) is 41.4 Å². The van der Waals surface area contributed by atoms with E-state index in [2.05, 4.69) is 9.94 Å². The van der Waals surface area contributed by atoms with Crippen LogP contribution in [0.2, 0.25) is 10.0 Å². The van der Waals surface area contributed by atoms with Crippen molar-refractivity contribution < 1.29 is 17.6 Å². The molecular weight excluding hydrogens is 490 g/mol. The summed E-state index contributed by atoms with van der Waals surface area (Å²) >= 11 is 12.6. The average Bonchev–Trinajstić information content (AvgIpc) is 3.12. The summed E-state index contributed by atoms with van der Waals surface area (Å²) in [4.78, 5) is 15.6. The first-order valence-electron chi connectivity index (χ1n) is 9.25. The predicted molar refractivity (Wildman–Crippen MR) is 125 cm³/mol. The first kappa shape index (κ1) is 22.7. The van der Waals surface area contributed by atoms with Gasteiger partial charge in [-0.2, -0.15) is 5.10 Å². The third kappa shape index (κ3) is 4.54. The van der Waals surface area contributed by atoms with Crippen molar-refractivity contribution in [1.82, 2.24) is 14.5 Å². The lowest BCUT2D eigenvalue weighted by atomic mass is 10.1. The number of hydrogen-bond donors (Lipinski definition) is 1. The molecule has 0 fully saturated rings. The lowest BCUT2D eigenvalue weighted by molar-refractivity contribution is 0.0978. The van der Waals surface area contributed by atoms with E-state index in [-0.39, 0.29) is 10.7 Å². The van der Waals surface area contributed by atoms with Gasteiger partial charge in [0.2, 0.25) is 10.0 Å². The topological polar surface area (TPSA) is 85.4 Å². The number of rotatable bonds is 4. The Morgan fingerprint density at radius 1 is 1.15 bits per heavy atom. The van der Waals surface area contributed by atoms with Gasteiger partial charge in [0.05, 0.1) is 40.3 Å². The molecule has 3 aromatic carbocycles. The van der Waals surface area contributed by atoms with Crippen LogP contribution in [0.25, 0.3) is 32.7 Å². The van der Waals surface area contributed by atoms with Crippen molar-refractivity contribution in [3.05, 3.63) is 87.4 Å². The van der Waals surface area contributed by atoms with E-state index < -0.39 is 27.3 Å². The summed E-state index contributed by atoms with van der Waals surface area (Å²) in [6, 6.07) is 13.9. The molecule has 0 saturated heterocycles. The number of nitrogens with zero attached hydrogens (tertiary/aromatic N) is 3. The molecule has 0 radical (unpaired) electrons. The number of carbonyl (C=O) groups excluding carboxylic acids is 1. The lowest BCUT2D eigenvalue weighted by Gasteiger charge is -2.10. The van der Waals surface area contributed by atoms with E-state index >= 15 is 0 Å². The highest BCUT2D eigenvalue weighted by atomic mass is 35.5. The number of benzene rings is 3. The summed E-state index contributed by atoms with van der Waals surface area (Å²) in [5.74, 6) is -2.12. The highest BCUT2D eigenvalue weighted by Gasteiger charge is 2.21. The smallest absolute Gasteiger partial charge is 0.267 e. The third-order valence-corrected chi connectivity index (χ3v) is 5.77. The highest BCUT2D eigenvalue weighted by molar-refractivity contribution is 7.89. The second-order valence-electron chi connectivity index (χ2n) is 7.07. The number of sulfonamides is 1. The molecule has 0 aliphatic heterocycles. The summed E-state index contributed by atoms with van der Waals surface area (Å²) in [6.45, 7) is 7.25. The zero-order valence-corrected chi connectivity index (χ0v) is 19.1. The minimum absolute atomic E-state index is 0.0316. The van der Waals surface area contributed by atoms with Crippen LogP contribution in [0.15, 0.2) is 54.6 Å². The Labute approximate surface area is 198 Å². The molecule has 0 spiro atoms. The zero-order valence-electron chi connectivity index (χ0n) is 16.8. The van der Waals surface area contributed by atoms with E-state index in [9.17, 15) is 17.6 Å². The van der Waals surface area contributed by atoms with E-state index in [0.717, 1.165) is 18.4 Å². The fourth-order valence-corrected chi connectivity index (χ4v) is 4.17. The first-order valence-corrected chi connectivity index (χ1v) is 11.9. The quantitative estimate of drug-likeness (QED) is 0.379. The maximum atomic E-state index is 14.8. The first-order chi connectivity index (χ1) is 15.6. The van der Waals surface area contributed by atoms with Crippen molar-refractivity contribution in [2.75, 3.05) is 6.26 Å². The molecule has 7 nitrogen and oxygen atoms in total. The van der Waals surface area contributed by atoms with Gasteiger partial charge in [0.15, 0.2) is 5.69 Å². The van der Waals surface area contributed by atoms with Crippen LogP contribution in [0, 0.1) is 12.4 Å². The van der Waals surface area contributed by atoms with Gasteiger partial charge >= 0.3 is 0 Å². The van der Waals surface area contributed by atoms with Crippen LogP contribution in [0.4, 0.5) is 10.1 Å². The molecule has 1 heterocycles. The van der Waals surface area contributed by atoms with Crippen LogP contribution in [-0.2, 0) is 10.0 Å². The van der Waals surface area contributed by atoms with Crippen LogP contribution < -0.4 is 4.72 Å². The van der Waals surface area contributed by atoms with Gasteiger partial charge < -0.3 is 0 Å². The second kappa shape index (κ2) is 8.48. The van der Waals surface area contributed by atoms with E-state index in [1.165, 1.54) is 4.68 Å². The van der Waals surface area contributed by atoms with Gasteiger partial charge in [-0.15, -0.1) is 0 Å². The lowest BCUT2D eigenvalue weighted by Crippen LogP contribution is -2.30. The Morgan fingerprint density at radius 3 is 2.61 bits per heavy atom. The van der Waals surface area contributed by atoms with E-state index in [4.69, 9.17) is 29.8 Å². The molecule has 4 aromatic rings. The van der Waals surface area contributed by atoms with Crippen LogP contribution in [0.3, 0.4) is 0 Å². The van der Waals surface area contributed by atoms with Crippen molar-refractivity contribution in [1.29, 1.82) is 0 Å². The number of fused-ring (bicyclic) bond motifs is 1. The SMILES string of the molecule is [C-]#[N+]c1cccc(-c2nn(-c3cc(F)c(C(=O)NS(C)(=O)=O)cc3Cl)c3ccc(Cl)cc23)c1. The molecule has 0 atom stereocenters. The minimum atomic E-state index is -3.89. The fourth-order valence-electron chi connectivity index (χ4n) is 3.31. The summed E-state index contributed by atoms with van der Waals surface area (Å²) in [7, 11) is -3.89. The molecule has 0 bridgehead atoms. The molecule has 1 amide bonds. The number of halogens is 3. The summed E-state index contributed by atoms with van der Waals surface area (Å²) in [5, 5.41) is 5.65. The molecule has 0 unspecified atom stereocenters. The normalized spacial score (nSPS) is 11.4. The van der Waals surface area contributed by atoms with Gasteiger partial charge in [-0.3, -0.25) is 4.79 Å². The highest BCUT2D eigenvalue weighted by Crippen LogP contribution is 2.35. The number of nitrogens with one attached hydrogen (secondary N) is 1. The van der Waals surface area contributed by atoms with Gasteiger partial charge in [0.25, 0.3) is 5.91 Å². The monoisotopic (exact) mass is 502 g/mol. The molecule has 0 aliphatic rings. The largest absolute Gasteiger partial charge is 0.268 e. The summed E-state index contributed by atoms with van der Waals surface area (Å²) < 4.78 is 40.6. The molecule has 0 aliphatic carbocycles. The van der Waals surface area contributed by atoms with Crippen LogP contribution in [0.1, 0.15) is 10.4 Å². The van der Waals surface area contributed by atoms with Gasteiger partial charge in [0, 0.05) is 16.5 Å². The van der Waals surface area contributed by atoms with Crippen molar-refractivity contribution in [3.63, 3.8) is 0 Å². The minimum Gasteiger partial charge on any atom is -0.268 e. The number of amides is 1. The third-order valence-electron chi connectivity index (χ3n) is 4.68. The Bertz CT molecular complexity index is 1590. The number of carbonyl (C=O) groups is 1. The predicted octanol–water partition coefficient (Wildman–Crippen LogP) is 5.38. The Hall–Kier alpha value is -3.45. The van der Waals surface area contributed by atoms with Crippen molar-refractivity contribution in [2.24, 2.45) is 0 Å². The summed E-state index contributed by atoms with van der Waals surface area (Å²) in [5.41, 5.74) is 1.71. The number of hydrogen-bond acceptors (Lipinski definition) is 4. The van der Waals surface area contributed by atoms with Crippen LogP contribution in [0.5, 0.6) is 0 Å². The van der Waals surface area contributed by atoms with Crippen LogP contribution >= 0.6 is 23.2 Å². The van der Waals surface area contributed by atoms with Crippen LogP contribution in [-0.4, -0.2) is 30.4 Å². The zero-order chi connectivity index (χ0) is 23.9. The van der Waals surface area contributed by atoms with Crippen molar-refractivity contribution >= 4 is 55.7 Å². The standard InChI is InChI=1S/C22H13Cl2FN4O3S/c1-26-14-5-3-4-12(8-14)21-16-9-13(23)6-7-19(16)29(27-21)20-11-18(25)15(10-17(20)24)22(30)28-33(2,31)32/h3-11H,2H3,(H,28,30). The molecule has 1 N–H and O–H groups in total. The Balaban J connectivity index is 1.91. The fraction of sp³-hybridized carbons (Fsp3) is 0.0455. The van der Waals surface area contributed by atoms with Gasteiger partial charge in [0.1, 0.15) is 5.82 Å². The molecule has 0 saturated carbocycles. The molecule has 1 aromatic heterocycles. The van der Waals surface area contributed by atoms with E-state index in [1.807, 2.05) is 0 Å². The van der Waals surface area contributed by atoms with Crippen molar-refractivity contribution in [2.45, 2.75) is 0 Å². The maximum Gasteiger partial charge on any atom is 0.267 e. The Morgan fingerprint density at radius 2 is 1.91 bits per heavy atom. The molecule has 4 rings (SSSR count). The van der Waals surface area contributed by atoms with Crippen molar-refractivity contribution in [3.8, 4) is 16.9 Å². The average molecular weight is 503 g/mol. The molecule has 11 heteroatoms. The maximum absolute atomic E-state index is 14.8. The Kier molecular flexibility index (Phi) is 5.84. The summed E-state index contributed by atoms with van der Waals surface area (Å²) in [6.07, 6.45) is 0.782. The molecular formula is C22H13Cl2FN4O3S. The van der Waals surface area contributed by atoms with Gasteiger partial charge in [-0.05, 0) is 35.9 Å². The van der Waals surface area contributed by atoms with Gasteiger partial charge in [-0.25, -0.2) is 27.1 Å². The molecule has 33 heavy (non-hydrogen) atoms.